The van der Waals surface area contributed by atoms with Gasteiger partial charge in [0.25, 0.3) is 0 Å². The summed E-state index contributed by atoms with van der Waals surface area (Å²) in [4.78, 5) is 31.0. The number of carbonyl (C=O) groups excluding carboxylic acids is 2. The molecule has 0 saturated carbocycles. The van der Waals surface area contributed by atoms with Crippen molar-refractivity contribution in [1.29, 1.82) is 0 Å². The normalized spacial score (nSPS) is 18.4. The molecule has 0 bridgehead atoms. The third-order valence-corrected chi connectivity index (χ3v) is 6.52. The summed E-state index contributed by atoms with van der Waals surface area (Å²) in [6.45, 7) is 2.39. The minimum Gasteiger partial charge on any atom is -0.494 e. The Bertz CT molecular complexity index is 1090. The molecule has 1 unspecified atom stereocenters. The first-order valence-electron chi connectivity index (χ1n) is 10.2. The van der Waals surface area contributed by atoms with Crippen molar-refractivity contribution in [2.75, 3.05) is 7.11 Å². The zero-order valence-electron chi connectivity index (χ0n) is 17.5. The van der Waals surface area contributed by atoms with Crippen LogP contribution in [0.15, 0.2) is 30.6 Å². The third kappa shape index (κ3) is 4.87. The fourth-order valence-corrected chi connectivity index (χ4v) is 4.89. The number of nitrogens with zero attached hydrogens (tertiary/aromatic N) is 2. The van der Waals surface area contributed by atoms with Crippen molar-refractivity contribution in [2.24, 2.45) is 0 Å². The van der Waals surface area contributed by atoms with Gasteiger partial charge in [0.15, 0.2) is 16.5 Å². The number of hydrogen-bond acceptors (Lipinski definition) is 5. The summed E-state index contributed by atoms with van der Waals surface area (Å²) in [6, 6.07) is 4.70. The Labute approximate surface area is 183 Å². The van der Waals surface area contributed by atoms with Gasteiger partial charge in [-0.2, -0.15) is 0 Å². The number of halogens is 1. The molecule has 1 aliphatic heterocycles. The van der Waals surface area contributed by atoms with Gasteiger partial charge in [-0.1, -0.05) is 6.07 Å². The lowest BCUT2D eigenvalue weighted by Gasteiger charge is -2.29. The molecule has 1 saturated heterocycles. The number of methoxy groups -OCH3 is 1. The van der Waals surface area contributed by atoms with Crippen LogP contribution in [0.25, 0.3) is 4.96 Å². The maximum Gasteiger partial charge on any atom is 0.220 e. The highest BCUT2D eigenvalue weighted by atomic mass is 32.1. The SMILES string of the molecule is COc1cc(CC2(CCC(=O)NCc3cn4cc(C)sc4n3)CCC(=O)N2)ccc1F. The van der Waals surface area contributed by atoms with Crippen molar-refractivity contribution in [3.8, 4) is 5.75 Å². The fraction of sp³-hybridized carbons (Fsp3) is 0.409. The number of carbonyl (C=O) groups is 2. The smallest absolute Gasteiger partial charge is 0.220 e. The maximum absolute atomic E-state index is 13.7. The van der Waals surface area contributed by atoms with E-state index in [9.17, 15) is 14.0 Å². The topological polar surface area (TPSA) is 84.7 Å². The Morgan fingerprint density at radius 2 is 2.26 bits per heavy atom. The minimum atomic E-state index is -0.522. The molecule has 1 fully saturated rings. The van der Waals surface area contributed by atoms with Gasteiger partial charge in [-0.05, 0) is 43.9 Å². The zero-order valence-corrected chi connectivity index (χ0v) is 18.4. The molecule has 2 amide bonds. The highest BCUT2D eigenvalue weighted by molar-refractivity contribution is 7.16. The van der Waals surface area contributed by atoms with Gasteiger partial charge in [-0.15, -0.1) is 11.3 Å². The number of ether oxygens (including phenoxy) is 1. The number of fused-ring (bicyclic) bond motifs is 1. The summed E-state index contributed by atoms with van der Waals surface area (Å²) in [5.41, 5.74) is 1.14. The Kier molecular flexibility index (Phi) is 5.95. The Hall–Kier alpha value is -2.94. The van der Waals surface area contributed by atoms with Gasteiger partial charge >= 0.3 is 0 Å². The first kappa shape index (κ1) is 21.3. The van der Waals surface area contributed by atoms with Crippen LogP contribution in [0.2, 0.25) is 0 Å². The molecule has 3 heterocycles. The van der Waals surface area contributed by atoms with Crippen molar-refractivity contribution >= 4 is 28.1 Å². The zero-order chi connectivity index (χ0) is 22.0. The van der Waals surface area contributed by atoms with Crippen molar-refractivity contribution in [2.45, 2.75) is 51.1 Å². The lowest BCUT2D eigenvalue weighted by atomic mass is 9.85. The molecular formula is C22H25FN4O3S. The Morgan fingerprint density at radius 3 is 2.97 bits per heavy atom. The first-order valence-corrected chi connectivity index (χ1v) is 11.0. The van der Waals surface area contributed by atoms with Crippen LogP contribution in [0.4, 0.5) is 4.39 Å². The number of aryl methyl sites for hydroxylation is 1. The van der Waals surface area contributed by atoms with Gasteiger partial charge in [0.2, 0.25) is 11.8 Å². The molecule has 164 valence electrons. The van der Waals surface area contributed by atoms with E-state index >= 15 is 0 Å². The monoisotopic (exact) mass is 444 g/mol. The van der Waals surface area contributed by atoms with Crippen LogP contribution in [0.3, 0.4) is 0 Å². The van der Waals surface area contributed by atoms with E-state index in [0.29, 0.717) is 32.2 Å². The number of amides is 2. The van der Waals surface area contributed by atoms with Crippen LogP contribution in [-0.2, 0) is 22.6 Å². The number of benzene rings is 1. The predicted octanol–water partition coefficient (Wildman–Crippen LogP) is 3.14. The average molecular weight is 445 g/mol. The molecule has 2 aromatic heterocycles. The molecule has 0 radical (unpaired) electrons. The maximum atomic E-state index is 13.7. The van der Waals surface area contributed by atoms with Crippen LogP contribution in [-0.4, -0.2) is 33.8 Å². The van der Waals surface area contributed by atoms with Gasteiger partial charge < -0.3 is 15.4 Å². The second-order valence-electron chi connectivity index (χ2n) is 8.01. The van der Waals surface area contributed by atoms with Crippen molar-refractivity contribution < 1.29 is 18.7 Å². The Morgan fingerprint density at radius 1 is 1.42 bits per heavy atom. The van der Waals surface area contributed by atoms with Crippen LogP contribution < -0.4 is 15.4 Å². The van der Waals surface area contributed by atoms with Gasteiger partial charge in [0, 0.05) is 35.7 Å². The molecule has 7 nitrogen and oxygen atoms in total. The lowest BCUT2D eigenvalue weighted by molar-refractivity contribution is -0.122. The van der Waals surface area contributed by atoms with Gasteiger partial charge in [-0.25, -0.2) is 9.37 Å². The summed E-state index contributed by atoms with van der Waals surface area (Å²) in [6.07, 6.45) is 6.27. The van der Waals surface area contributed by atoms with Crippen LogP contribution in [0, 0.1) is 12.7 Å². The van der Waals surface area contributed by atoms with Crippen LogP contribution in [0.1, 0.15) is 41.8 Å². The van der Waals surface area contributed by atoms with Crippen molar-refractivity contribution in [1.82, 2.24) is 20.0 Å². The minimum absolute atomic E-state index is 0.0251. The summed E-state index contributed by atoms with van der Waals surface area (Å²) >= 11 is 1.60. The predicted molar refractivity (Wildman–Crippen MR) is 116 cm³/mol. The van der Waals surface area contributed by atoms with Crippen molar-refractivity contribution in [3.63, 3.8) is 0 Å². The second-order valence-corrected chi connectivity index (χ2v) is 9.23. The van der Waals surface area contributed by atoms with Gasteiger partial charge in [0.05, 0.1) is 19.3 Å². The highest BCUT2D eigenvalue weighted by Gasteiger charge is 2.38. The lowest BCUT2D eigenvalue weighted by Crippen LogP contribution is -2.44. The average Bonchev–Trinajstić information content (AvgIpc) is 3.39. The highest BCUT2D eigenvalue weighted by Crippen LogP contribution is 2.31. The Balaban J connectivity index is 1.36. The molecule has 2 N–H and O–H groups in total. The largest absolute Gasteiger partial charge is 0.494 e. The van der Waals surface area contributed by atoms with E-state index in [1.807, 2.05) is 23.7 Å². The van der Waals surface area contributed by atoms with Gasteiger partial charge in [-0.3, -0.25) is 14.0 Å². The first-order chi connectivity index (χ1) is 14.9. The molecule has 0 spiro atoms. The van der Waals surface area contributed by atoms with Gasteiger partial charge in [0.1, 0.15) is 0 Å². The van der Waals surface area contributed by atoms with E-state index in [1.165, 1.54) is 18.1 Å². The molecule has 1 aromatic carbocycles. The van der Waals surface area contributed by atoms with E-state index in [-0.39, 0.29) is 24.0 Å². The summed E-state index contributed by atoms with van der Waals surface area (Å²) < 4.78 is 20.8. The summed E-state index contributed by atoms with van der Waals surface area (Å²) in [5, 5.41) is 5.96. The number of thiazole rings is 1. The second kappa shape index (κ2) is 8.66. The third-order valence-electron chi connectivity index (χ3n) is 5.61. The molecule has 1 aliphatic rings. The van der Waals surface area contributed by atoms with Crippen LogP contribution in [0.5, 0.6) is 5.75 Å². The van der Waals surface area contributed by atoms with E-state index in [2.05, 4.69) is 15.6 Å². The summed E-state index contributed by atoms with van der Waals surface area (Å²) in [7, 11) is 1.42. The molecule has 0 aliphatic carbocycles. The van der Waals surface area contributed by atoms with E-state index in [4.69, 9.17) is 4.74 Å². The molecule has 31 heavy (non-hydrogen) atoms. The molecule has 3 aromatic rings. The molecule has 9 heteroatoms. The van der Waals surface area contributed by atoms with E-state index in [1.54, 1.807) is 23.5 Å². The number of aromatic nitrogens is 2. The fourth-order valence-electron chi connectivity index (χ4n) is 4.06. The quantitative estimate of drug-likeness (QED) is 0.559. The molecule has 1 atom stereocenters. The number of rotatable bonds is 8. The molecular weight excluding hydrogens is 419 g/mol. The number of hydrogen-bond donors (Lipinski definition) is 2. The van der Waals surface area contributed by atoms with E-state index < -0.39 is 11.4 Å². The molecule has 4 rings (SSSR count). The van der Waals surface area contributed by atoms with Crippen molar-refractivity contribution in [3.05, 3.63) is 52.5 Å². The van der Waals surface area contributed by atoms with Crippen LogP contribution >= 0.6 is 11.3 Å². The number of nitrogens with one attached hydrogen (secondary N) is 2. The summed E-state index contributed by atoms with van der Waals surface area (Å²) in [5.74, 6) is -0.373. The standard InChI is InChI=1S/C22H25FN4O3S/c1-14-12-27-13-16(25-21(27)31-14)11-24-19(28)5-7-22(8-6-20(29)26-22)10-15-3-4-17(23)18(9-15)30-2/h3-4,9,12-13H,5-8,10-11H2,1-2H3,(H,24,28)(H,26,29). The number of imidazole rings is 1. The van der Waals surface area contributed by atoms with E-state index in [0.717, 1.165) is 16.2 Å².